The van der Waals surface area contributed by atoms with E-state index >= 15 is 9.59 Å². The quantitative estimate of drug-likeness (QED) is 0.00611. The number of Topliss-reactive ketones (excluding diaryl/α,β-unsaturated/α-hetero) is 1. The van der Waals surface area contributed by atoms with Crippen LogP contribution in [0.1, 0.15) is 187 Å². The summed E-state index contributed by atoms with van der Waals surface area (Å²) in [6.07, 6.45) is -1.42. The molecule has 7 N–H and O–H groups in total. The third-order valence-corrected chi connectivity index (χ3v) is 27.6. The van der Waals surface area contributed by atoms with Crippen molar-refractivity contribution in [2.24, 2.45) is 16.7 Å². The van der Waals surface area contributed by atoms with Crippen molar-refractivity contribution in [2.45, 2.75) is 229 Å². The van der Waals surface area contributed by atoms with Gasteiger partial charge in [0, 0.05) is 94.6 Å². The van der Waals surface area contributed by atoms with E-state index in [0.717, 1.165) is 68.2 Å². The molecule has 0 radical (unpaired) electrons. The number of nitrogens with one attached hydrogen (secondary N) is 2. The molecule has 3 aliphatic heterocycles. The van der Waals surface area contributed by atoms with E-state index in [4.69, 9.17) is 28.4 Å². The maximum absolute atomic E-state index is 15.7. The minimum atomic E-state index is -4.17. The molecule has 5 aromatic rings. The Labute approximate surface area is 705 Å². The van der Waals surface area contributed by atoms with Gasteiger partial charge in [-0.05, 0) is 169 Å². The van der Waals surface area contributed by atoms with Gasteiger partial charge in [0.1, 0.15) is 48.2 Å². The van der Waals surface area contributed by atoms with Crippen molar-refractivity contribution in [1.82, 2.24) is 5.32 Å². The minimum absolute atomic E-state index is 0.0123. The first kappa shape index (κ1) is 89.8. The first-order valence-electron chi connectivity index (χ1n) is 40.7. The van der Waals surface area contributed by atoms with Gasteiger partial charge in [-0.15, -0.1) is 0 Å². The fraction of sp³-hybridized carbons (Fsp3) is 0.473. The van der Waals surface area contributed by atoms with E-state index in [1.807, 2.05) is 36.4 Å². The Morgan fingerprint density at radius 1 is 0.750 bits per heavy atom. The highest BCUT2D eigenvalue weighted by atomic mass is 32.2. The minimum Gasteiger partial charge on any atom is -0.455 e. The first-order valence-corrected chi connectivity index (χ1v) is 44.7. The zero-order valence-corrected chi connectivity index (χ0v) is 72.2. The van der Waals surface area contributed by atoms with Gasteiger partial charge in [0.15, 0.2) is 17.1 Å². The highest BCUT2D eigenvalue weighted by Gasteiger charge is 2.78. The average molecular weight is 1710 g/mol. The van der Waals surface area contributed by atoms with Gasteiger partial charge in [-0.3, -0.25) is 28.3 Å². The van der Waals surface area contributed by atoms with E-state index in [2.05, 4.69) is 96.4 Å². The van der Waals surface area contributed by atoms with E-state index in [1.54, 1.807) is 93.2 Å². The fourth-order valence-electron chi connectivity index (χ4n) is 18.6. The molecule has 642 valence electrons. The van der Waals surface area contributed by atoms with E-state index in [0.29, 0.717) is 44.5 Å². The third kappa shape index (κ3) is 18.6. The molecule has 0 spiro atoms. The summed E-state index contributed by atoms with van der Waals surface area (Å²) in [6.45, 7) is 21.1. The van der Waals surface area contributed by atoms with Gasteiger partial charge in [-0.2, -0.15) is 21.4 Å². The Kier molecular flexibility index (Phi) is 26.3. The number of alkyl carbamates (subject to hydrolysis) is 1. The number of anilines is 2. The second-order valence-electron chi connectivity index (χ2n) is 35.0. The summed E-state index contributed by atoms with van der Waals surface area (Å²) in [5, 5.41) is 44.6. The lowest BCUT2D eigenvalue weighted by atomic mass is 9.44. The van der Waals surface area contributed by atoms with Gasteiger partial charge in [0.2, 0.25) is 17.7 Å². The summed E-state index contributed by atoms with van der Waals surface area (Å²) >= 11 is 1.54. The number of rotatable bonds is 28. The van der Waals surface area contributed by atoms with Gasteiger partial charge in [-0.25, -0.2) is 14.4 Å². The SMILES string of the molecule is CC(=O)O[C@]12CO[C@@H]1C[C@H](O)[C@@]1(C)C(=O)[C@H](O)C3=C(C)[C@@H](OC(=O)[C@H](OC(=O)CCC(=O)Nc4ccc(SC5=C(/C=C/C6=[N+](CCCCS(=O)(=O)O)c7ccccc7C6(C)C)CCC/C5=C\C=C5\N(CCCCS(=O)(=O)O)c6ccccc6C5(C)C)cc4)[C@@H](NC(=O)OC(C)(C)C)c4ccccc4)C[C@@](O)([C@@H](OC(=O)c4ccccc4)[C@H]21)C3(C)C. The monoisotopic (exact) mass is 1710 g/mol. The Bertz CT molecular complexity index is 5240. The average Bonchev–Trinajstić information content (AvgIpc) is 0.882. The molecule has 1 saturated heterocycles. The number of ketones is 1. The van der Waals surface area contributed by atoms with Crippen molar-refractivity contribution in [3.05, 3.63) is 213 Å². The molecular formula is C91H109N4O22S3+. The molecule has 29 heteroatoms. The third-order valence-electron chi connectivity index (χ3n) is 24.7. The summed E-state index contributed by atoms with van der Waals surface area (Å²) < 4.78 is 106. The van der Waals surface area contributed by atoms with Gasteiger partial charge < -0.3 is 59.3 Å². The fourth-order valence-corrected chi connectivity index (χ4v) is 20.9. The maximum atomic E-state index is 15.7. The summed E-state index contributed by atoms with van der Waals surface area (Å²) in [7, 11) is -8.33. The zero-order chi connectivity index (χ0) is 87.0. The van der Waals surface area contributed by atoms with Crippen LogP contribution in [0, 0.1) is 16.7 Å². The number of aliphatic hydroxyl groups is 3. The van der Waals surface area contributed by atoms with Gasteiger partial charge in [0.25, 0.3) is 20.2 Å². The van der Waals surface area contributed by atoms with E-state index in [1.165, 1.54) is 39.8 Å². The van der Waals surface area contributed by atoms with Crippen LogP contribution >= 0.6 is 11.8 Å². The van der Waals surface area contributed by atoms with Crippen LogP contribution < -0.4 is 15.5 Å². The summed E-state index contributed by atoms with van der Waals surface area (Å²) in [5.41, 5.74) is -1.54. The number of amides is 2. The number of ether oxygens (including phenoxy) is 6. The van der Waals surface area contributed by atoms with Crippen LogP contribution in [0.5, 0.6) is 0 Å². The van der Waals surface area contributed by atoms with Crippen LogP contribution in [0.15, 0.2) is 196 Å². The number of benzene rings is 5. The number of carbonyl (C=O) groups is 7. The van der Waals surface area contributed by atoms with Crippen LogP contribution in [-0.4, -0.2) is 178 Å². The van der Waals surface area contributed by atoms with Crippen molar-refractivity contribution in [1.29, 1.82) is 0 Å². The molecule has 2 saturated carbocycles. The summed E-state index contributed by atoms with van der Waals surface area (Å²) in [6, 6.07) is 37.5. The normalized spacial score (nSPS) is 26.0. The Balaban J connectivity index is 0.835. The molecule has 0 aromatic heterocycles. The number of hydrogen-bond donors (Lipinski definition) is 7. The molecule has 0 unspecified atom stereocenters. The maximum Gasteiger partial charge on any atom is 0.408 e. The number of unbranched alkanes of at least 4 members (excludes halogenated alkanes) is 2. The van der Waals surface area contributed by atoms with Crippen LogP contribution in [0.25, 0.3) is 0 Å². The van der Waals surface area contributed by atoms with Gasteiger partial charge in [0.05, 0.1) is 52.9 Å². The Morgan fingerprint density at radius 2 is 1.38 bits per heavy atom. The molecule has 120 heavy (non-hydrogen) atoms. The number of fused-ring (bicyclic) bond motifs is 7. The topological polar surface area (TPSA) is 375 Å². The highest BCUT2D eigenvalue weighted by molar-refractivity contribution is 8.03. The second-order valence-corrected chi connectivity index (χ2v) is 39.2. The van der Waals surface area contributed by atoms with Crippen LogP contribution in [0.3, 0.4) is 0 Å². The second kappa shape index (κ2) is 35.2. The lowest BCUT2D eigenvalue weighted by Gasteiger charge is -2.67. The van der Waals surface area contributed by atoms with Crippen LogP contribution in [0.4, 0.5) is 21.9 Å². The van der Waals surface area contributed by atoms with E-state index in [9.17, 15) is 65.2 Å². The summed E-state index contributed by atoms with van der Waals surface area (Å²) in [5.74, 6) is -8.25. The zero-order valence-electron chi connectivity index (χ0n) is 69.7. The van der Waals surface area contributed by atoms with E-state index < -0.39 is 168 Å². The Hall–Kier alpha value is -9.43. The molecule has 11 atom stereocenters. The number of esters is 4. The number of aliphatic hydroxyl groups excluding tert-OH is 2. The number of carbonyl (C=O) groups excluding carboxylic acids is 7. The van der Waals surface area contributed by atoms with Crippen molar-refractivity contribution in [3.63, 3.8) is 0 Å². The molecule has 26 nitrogen and oxygen atoms in total. The lowest BCUT2D eigenvalue weighted by Crippen LogP contribution is -2.81. The molecule has 5 aromatic carbocycles. The predicted octanol–water partition coefficient (Wildman–Crippen LogP) is 13.3. The van der Waals surface area contributed by atoms with Crippen molar-refractivity contribution < 1.29 is 108 Å². The molecule has 4 aliphatic carbocycles. The van der Waals surface area contributed by atoms with Crippen molar-refractivity contribution >= 4 is 96.4 Å². The van der Waals surface area contributed by atoms with Gasteiger partial charge >= 0.3 is 30.0 Å². The van der Waals surface area contributed by atoms with E-state index in [-0.39, 0.29) is 59.6 Å². The number of hydrogen-bond acceptors (Lipinski definition) is 22. The largest absolute Gasteiger partial charge is 0.455 e. The highest BCUT2D eigenvalue weighted by Crippen LogP contribution is 2.65. The molecule has 3 fully saturated rings. The Morgan fingerprint density at radius 3 is 2.02 bits per heavy atom. The van der Waals surface area contributed by atoms with Crippen LogP contribution in [0.2, 0.25) is 0 Å². The molecule has 3 heterocycles. The summed E-state index contributed by atoms with van der Waals surface area (Å²) in [4.78, 5) is 106. The van der Waals surface area contributed by atoms with Gasteiger partial charge in [-0.1, -0.05) is 137 Å². The molecule has 7 aliphatic rings. The molecule has 12 rings (SSSR count). The molecule has 2 amide bonds. The number of nitrogens with zero attached hydrogens (tertiary/aromatic N) is 2. The lowest BCUT2D eigenvalue weighted by molar-refractivity contribution is -0.438. The predicted molar refractivity (Wildman–Crippen MR) is 451 cm³/mol. The van der Waals surface area contributed by atoms with Crippen molar-refractivity contribution in [3.8, 4) is 0 Å². The number of allylic oxidation sites excluding steroid dienone is 7. The molecular weight excluding hydrogens is 1600 g/mol. The number of thioether (sulfide) groups is 1. The molecule has 2 bridgehead atoms. The first-order chi connectivity index (χ1) is 56.4. The standard InChI is InChI=1S/C91H108N4O22S3/c1-55-67(53-91(105)81(115-82(102)60-30-17-14-18-31-60)79-89(12,80(101)76(100)74(55)88(91,10)11)70(97)52-71-90(79,54-112-71)116-56(2)96)113-83(103)77(75(57-28-15-13-16-29-57)93-84(104)117-85(3,4)5)114-73(99)47-46-72(98)92-61-40-42-62(43-41-61)118-78-58(38-44-68-86(6,7)63-34-19-21-36-65(63)94(68)48-23-25-50-119(106,107)108)32-27-33-59(78)39-45-69-87(8,9)64-35-20-22-37-66(64)95(69)49-24-26-51-120(109,110)111/h13-22,28-31,34-45,67,70-71,75-77,79,81,97,100,105H,23-27,32-33,46-54H2,1-12H3,(H3-,92,93,98,104,106,107,108,109,110,111)/p+1/t67-,70-,71+,75-,76+,77+,79-,81-,89+,90+,91+/m0/s1. The van der Waals surface area contributed by atoms with Crippen molar-refractivity contribution in [2.75, 3.05) is 41.4 Å². The van der Waals surface area contributed by atoms with Crippen LogP contribution in [-0.2, 0) is 83.5 Å². The number of para-hydroxylation sites is 2. The smallest absolute Gasteiger partial charge is 0.408 e.